The van der Waals surface area contributed by atoms with Gasteiger partial charge < -0.3 is 9.32 Å². The maximum Gasteiger partial charge on any atom is 0.230 e. The summed E-state index contributed by atoms with van der Waals surface area (Å²) < 4.78 is 5.76. The molecule has 4 rings (SSSR count). The second-order valence-electron chi connectivity index (χ2n) is 5.90. The highest BCUT2D eigenvalue weighted by molar-refractivity contribution is 7.13. The molecule has 7 heteroatoms. The van der Waals surface area contributed by atoms with Crippen LogP contribution >= 0.6 is 11.3 Å². The van der Waals surface area contributed by atoms with Gasteiger partial charge in [-0.2, -0.15) is 0 Å². The van der Waals surface area contributed by atoms with Gasteiger partial charge in [-0.05, 0) is 19.8 Å². The van der Waals surface area contributed by atoms with Crippen LogP contribution in [-0.2, 0) is 6.54 Å². The highest BCUT2D eigenvalue weighted by Gasteiger charge is 2.30. The van der Waals surface area contributed by atoms with Gasteiger partial charge in [0.15, 0.2) is 5.13 Å². The van der Waals surface area contributed by atoms with Gasteiger partial charge in [0.1, 0.15) is 0 Å². The minimum absolute atomic E-state index is 0.454. The van der Waals surface area contributed by atoms with Crippen molar-refractivity contribution in [1.29, 1.82) is 0 Å². The van der Waals surface area contributed by atoms with Crippen molar-refractivity contribution < 1.29 is 4.42 Å². The summed E-state index contributed by atoms with van der Waals surface area (Å²) in [6.07, 6.45) is 4.27. The van der Waals surface area contributed by atoms with Gasteiger partial charge in [-0.1, -0.05) is 0 Å². The number of rotatable bonds is 4. The fraction of sp³-hybridized carbons (Fsp3) is 0.643. The Balaban J connectivity index is 1.37. The molecule has 1 atom stereocenters. The van der Waals surface area contributed by atoms with Crippen molar-refractivity contribution in [2.24, 2.45) is 0 Å². The van der Waals surface area contributed by atoms with Crippen molar-refractivity contribution in [3.05, 3.63) is 23.4 Å². The number of aromatic nitrogens is 3. The lowest BCUT2D eigenvalue weighted by atomic mass is 10.2. The van der Waals surface area contributed by atoms with E-state index in [0.29, 0.717) is 12.0 Å². The molecule has 0 unspecified atom stereocenters. The summed E-state index contributed by atoms with van der Waals surface area (Å²) in [5, 5.41) is 11.5. The molecule has 0 bridgehead atoms. The van der Waals surface area contributed by atoms with Crippen molar-refractivity contribution in [3.63, 3.8) is 0 Å². The van der Waals surface area contributed by atoms with Gasteiger partial charge >= 0.3 is 0 Å². The molecule has 0 amide bonds. The molecule has 2 aromatic heterocycles. The van der Waals surface area contributed by atoms with Crippen LogP contribution in [0.2, 0.25) is 0 Å². The Morgan fingerprint density at radius 3 is 2.95 bits per heavy atom. The zero-order valence-corrected chi connectivity index (χ0v) is 12.9. The molecule has 6 nitrogen and oxygen atoms in total. The molecule has 0 N–H and O–H groups in total. The number of nitrogens with zero attached hydrogens (tertiary/aromatic N) is 5. The lowest BCUT2D eigenvalue weighted by Crippen LogP contribution is -2.51. The Morgan fingerprint density at radius 2 is 2.24 bits per heavy atom. The lowest BCUT2D eigenvalue weighted by molar-refractivity contribution is 0.200. The van der Waals surface area contributed by atoms with Crippen LogP contribution in [0.4, 0.5) is 5.13 Å². The predicted molar refractivity (Wildman–Crippen MR) is 80.5 cm³/mol. The van der Waals surface area contributed by atoms with Crippen molar-refractivity contribution in [1.82, 2.24) is 20.1 Å². The van der Waals surface area contributed by atoms with Crippen LogP contribution in [-0.4, -0.2) is 45.8 Å². The molecule has 21 heavy (non-hydrogen) atoms. The Morgan fingerprint density at radius 1 is 1.33 bits per heavy atom. The molecular formula is C14H19N5OS. The van der Waals surface area contributed by atoms with E-state index in [1.54, 1.807) is 11.3 Å². The highest BCUT2D eigenvalue weighted by atomic mass is 32.1. The SMILES string of the molecule is C[C@@H]1CN(Cc2nnc(C3CC3)o2)CCN1c1nccs1. The zero-order valence-electron chi connectivity index (χ0n) is 12.1. The number of hydrogen-bond acceptors (Lipinski definition) is 7. The van der Waals surface area contributed by atoms with E-state index in [0.717, 1.165) is 43.1 Å². The fourth-order valence-electron chi connectivity index (χ4n) is 2.84. The number of hydrogen-bond donors (Lipinski definition) is 0. The summed E-state index contributed by atoms with van der Waals surface area (Å²) in [7, 11) is 0. The third kappa shape index (κ3) is 2.80. The lowest BCUT2D eigenvalue weighted by Gasteiger charge is -2.39. The smallest absolute Gasteiger partial charge is 0.230 e. The van der Waals surface area contributed by atoms with Crippen molar-refractivity contribution >= 4 is 16.5 Å². The van der Waals surface area contributed by atoms with Gasteiger partial charge in [-0.15, -0.1) is 21.5 Å². The molecule has 2 fully saturated rings. The summed E-state index contributed by atoms with van der Waals surface area (Å²) in [6, 6.07) is 0.454. The zero-order chi connectivity index (χ0) is 14.2. The van der Waals surface area contributed by atoms with Gasteiger partial charge in [0, 0.05) is 43.2 Å². The van der Waals surface area contributed by atoms with Crippen LogP contribution in [0, 0.1) is 0 Å². The number of piperazine rings is 1. The standard InChI is InChI=1S/C14H19N5OS/c1-10-8-18(5-6-19(10)14-15-4-7-21-14)9-12-16-17-13(20-12)11-2-3-11/h4,7,10-11H,2-3,5-6,8-9H2,1H3/t10-/m1/s1. The maximum absolute atomic E-state index is 5.76. The molecule has 0 spiro atoms. The summed E-state index contributed by atoms with van der Waals surface area (Å²) in [4.78, 5) is 9.18. The van der Waals surface area contributed by atoms with Crippen LogP contribution in [0.15, 0.2) is 16.0 Å². The van der Waals surface area contributed by atoms with E-state index < -0.39 is 0 Å². The molecule has 1 aliphatic heterocycles. The minimum atomic E-state index is 0.454. The molecule has 2 aliphatic rings. The van der Waals surface area contributed by atoms with Gasteiger partial charge in [0.2, 0.25) is 11.8 Å². The van der Waals surface area contributed by atoms with Gasteiger partial charge in [-0.3, -0.25) is 4.90 Å². The first-order valence-corrected chi connectivity index (χ1v) is 8.38. The van der Waals surface area contributed by atoms with Gasteiger partial charge in [-0.25, -0.2) is 4.98 Å². The third-order valence-corrected chi connectivity index (χ3v) is 4.95. The summed E-state index contributed by atoms with van der Waals surface area (Å²) in [6.45, 7) is 6.01. The van der Waals surface area contributed by atoms with E-state index >= 15 is 0 Å². The number of anilines is 1. The molecule has 112 valence electrons. The average molecular weight is 305 g/mol. The third-order valence-electron chi connectivity index (χ3n) is 4.14. The molecule has 1 saturated carbocycles. The Kier molecular flexibility index (Phi) is 3.39. The minimum Gasteiger partial charge on any atom is -0.424 e. The average Bonchev–Trinajstić information content (AvgIpc) is 2.99. The normalized spacial score (nSPS) is 23.7. The van der Waals surface area contributed by atoms with E-state index in [1.165, 1.54) is 12.8 Å². The van der Waals surface area contributed by atoms with Crippen LogP contribution < -0.4 is 4.90 Å². The summed E-state index contributed by atoms with van der Waals surface area (Å²) in [5.74, 6) is 2.12. The van der Waals surface area contributed by atoms with E-state index in [2.05, 4.69) is 31.9 Å². The molecule has 3 heterocycles. The molecule has 0 aromatic carbocycles. The van der Waals surface area contributed by atoms with E-state index in [1.807, 2.05) is 11.6 Å². The van der Waals surface area contributed by atoms with Gasteiger partial charge in [0.05, 0.1) is 6.54 Å². The highest BCUT2D eigenvalue weighted by Crippen LogP contribution is 2.39. The molecule has 2 aromatic rings. The van der Waals surface area contributed by atoms with Crippen molar-refractivity contribution in [2.45, 2.75) is 38.3 Å². The topological polar surface area (TPSA) is 58.3 Å². The molecule has 1 aliphatic carbocycles. The second kappa shape index (κ2) is 5.38. The van der Waals surface area contributed by atoms with E-state index in [-0.39, 0.29) is 0 Å². The van der Waals surface area contributed by atoms with Crippen LogP contribution in [0.3, 0.4) is 0 Å². The Hall–Kier alpha value is -1.47. The fourth-order valence-corrected chi connectivity index (χ4v) is 3.61. The van der Waals surface area contributed by atoms with Crippen LogP contribution in [0.5, 0.6) is 0 Å². The maximum atomic E-state index is 5.76. The van der Waals surface area contributed by atoms with E-state index in [9.17, 15) is 0 Å². The second-order valence-corrected chi connectivity index (χ2v) is 6.77. The largest absolute Gasteiger partial charge is 0.424 e. The first kappa shape index (κ1) is 13.2. The number of thiazole rings is 1. The van der Waals surface area contributed by atoms with Crippen LogP contribution in [0.25, 0.3) is 0 Å². The first-order chi connectivity index (χ1) is 10.3. The van der Waals surface area contributed by atoms with E-state index in [4.69, 9.17) is 4.42 Å². The Bertz CT molecular complexity index is 594. The monoisotopic (exact) mass is 305 g/mol. The quantitative estimate of drug-likeness (QED) is 0.862. The molecule has 1 saturated heterocycles. The predicted octanol–water partition coefficient (Wildman–Crippen LogP) is 2.11. The summed E-state index contributed by atoms with van der Waals surface area (Å²) >= 11 is 1.71. The first-order valence-electron chi connectivity index (χ1n) is 7.50. The van der Waals surface area contributed by atoms with Crippen LogP contribution in [0.1, 0.15) is 37.5 Å². The van der Waals surface area contributed by atoms with Gasteiger partial charge in [0.25, 0.3) is 0 Å². The van der Waals surface area contributed by atoms with Crippen molar-refractivity contribution in [3.8, 4) is 0 Å². The molecule has 0 radical (unpaired) electrons. The van der Waals surface area contributed by atoms with Crippen molar-refractivity contribution in [2.75, 3.05) is 24.5 Å². The summed E-state index contributed by atoms with van der Waals surface area (Å²) in [5.41, 5.74) is 0. The molecular weight excluding hydrogens is 286 g/mol. The Labute approximate surface area is 127 Å².